The number of nitrogens with zero attached hydrogens (tertiary/aromatic N) is 1. The summed E-state index contributed by atoms with van der Waals surface area (Å²) in [5, 5.41) is 21.1. The van der Waals surface area contributed by atoms with Gasteiger partial charge in [0.25, 0.3) is 0 Å². The topological polar surface area (TPSA) is 72.8 Å². The molecule has 5 heteroatoms. The lowest BCUT2D eigenvalue weighted by Gasteiger charge is -2.26. The largest absolute Gasteiger partial charge is 0.394 e. The highest BCUT2D eigenvalue weighted by molar-refractivity contribution is 5.82. The molecule has 3 unspecified atom stereocenters. The highest BCUT2D eigenvalue weighted by atomic mass is 16.3. The van der Waals surface area contributed by atoms with Crippen molar-refractivity contribution in [3.05, 3.63) is 0 Å². The van der Waals surface area contributed by atoms with Gasteiger partial charge >= 0.3 is 0 Å². The van der Waals surface area contributed by atoms with Crippen molar-refractivity contribution in [1.29, 1.82) is 0 Å². The molecule has 14 heavy (non-hydrogen) atoms. The zero-order valence-corrected chi connectivity index (χ0v) is 8.60. The third-order valence-electron chi connectivity index (χ3n) is 2.68. The molecule has 1 aliphatic rings. The van der Waals surface area contributed by atoms with Crippen LogP contribution in [0, 0.1) is 0 Å². The molecule has 0 saturated carbocycles. The van der Waals surface area contributed by atoms with Gasteiger partial charge in [0.2, 0.25) is 5.91 Å². The SMILES string of the molecule is CC(CO)N(C)C(=O)C1CC(O)CN1. The number of rotatable bonds is 3. The predicted octanol–water partition coefficient (Wildman–Crippen LogP) is -1.45. The van der Waals surface area contributed by atoms with E-state index < -0.39 is 6.10 Å². The molecule has 0 aromatic carbocycles. The van der Waals surface area contributed by atoms with Gasteiger partial charge in [-0.25, -0.2) is 0 Å². The smallest absolute Gasteiger partial charge is 0.239 e. The lowest BCUT2D eigenvalue weighted by Crippen LogP contribution is -2.46. The van der Waals surface area contributed by atoms with Crippen molar-refractivity contribution < 1.29 is 15.0 Å². The van der Waals surface area contributed by atoms with Crippen LogP contribution in [-0.4, -0.2) is 59.4 Å². The number of aliphatic hydroxyl groups is 2. The molecular weight excluding hydrogens is 184 g/mol. The van der Waals surface area contributed by atoms with Gasteiger partial charge in [-0.3, -0.25) is 4.79 Å². The van der Waals surface area contributed by atoms with E-state index in [0.29, 0.717) is 13.0 Å². The van der Waals surface area contributed by atoms with Crippen LogP contribution in [0.1, 0.15) is 13.3 Å². The maximum absolute atomic E-state index is 11.7. The van der Waals surface area contributed by atoms with Crippen LogP contribution in [0.25, 0.3) is 0 Å². The van der Waals surface area contributed by atoms with Gasteiger partial charge in [0.05, 0.1) is 24.8 Å². The molecule has 1 rings (SSSR count). The summed E-state index contributed by atoms with van der Waals surface area (Å²) in [5.41, 5.74) is 0. The molecule has 3 N–H and O–H groups in total. The summed E-state index contributed by atoms with van der Waals surface area (Å²) in [6.07, 6.45) is 0.0307. The monoisotopic (exact) mass is 202 g/mol. The Balaban J connectivity index is 2.48. The number of hydrogen-bond donors (Lipinski definition) is 3. The van der Waals surface area contributed by atoms with Gasteiger partial charge in [-0.05, 0) is 13.3 Å². The molecule has 0 aromatic rings. The van der Waals surface area contributed by atoms with Crippen molar-refractivity contribution in [2.24, 2.45) is 0 Å². The van der Waals surface area contributed by atoms with Crippen molar-refractivity contribution in [2.75, 3.05) is 20.2 Å². The molecule has 0 radical (unpaired) electrons. The fourth-order valence-electron chi connectivity index (χ4n) is 1.49. The van der Waals surface area contributed by atoms with Crippen LogP contribution in [0.2, 0.25) is 0 Å². The maximum Gasteiger partial charge on any atom is 0.239 e. The first kappa shape index (κ1) is 11.4. The van der Waals surface area contributed by atoms with Crippen LogP contribution < -0.4 is 5.32 Å². The highest BCUT2D eigenvalue weighted by Crippen LogP contribution is 2.10. The van der Waals surface area contributed by atoms with Crippen LogP contribution in [0.3, 0.4) is 0 Å². The van der Waals surface area contributed by atoms with Crippen LogP contribution in [0.4, 0.5) is 0 Å². The number of aliphatic hydroxyl groups excluding tert-OH is 2. The number of likely N-dealkylation sites (N-methyl/N-ethyl adjacent to an activating group) is 1. The number of amides is 1. The Morgan fingerprint density at radius 3 is 2.79 bits per heavy atom. The van der Waals surface area contributed by atoms with Gasteiger partial charge < -0.3 is 20.4 Å². The summed E-state index contributed by atoms with van der Waals surface area (Å²) >= 11 is 0. The highest BCUT2D eigenvalue weighted by Gasteiger charge is 2.31. The second kappa shape index (κ2) is 4.72. The third-order valence-corrected chi connectivity index (χ3v) is 2.68. The van der Waals surface area contributed by atoms with Gasteiger partial charge in [0, 0.05) is 13.6 Å². The molecule has 5 nitrogen and oxygen atoms in total. The number of hydrogen-bond acceptors (Lipinski definition) is 4. The van der Waals surface area contributed by atoms with Crippen LogP contribution in [0.15, 0.2) is 0 Å². The summed E-state index contributed by atoms with van der Waals surface area (Å²) in [6, 6.07) is -0.481. The Morgan fingerprint density at radius 1 is 1.71 bits per heavy atom. The number of carbonyl (C=O) groups is 1. The Bertz CT molecular complexity index is 206. The van der Waals surface area contributed by atoms with Gasteiger partial charge in [-0.2, -0.15) is 0 Å². The molecule has 0 aromatic heterocycles. The van der Waals surface area contributed by atoms with Gasteiger partial charge in [-0.1, -0.05) is 0 Å². The number of nitrogens with one attached hydrogen (secondary N) is 1. The molecule has 1 aliphatic heterocycles. The fourth-order valence-corrected chi connectivity index (χ4v) is 1.49. The van der Waals surface area contributed by atoms with E-state index in [9.17, 15) is 9.90 Å². The predicted molar refractivity (Wildman–Crippen MR) is 51.7 cm³/mol. The molecule has 1 saturated heterocycles. The van der Waals surface area contributed by atoms with Gasteiger partial charge in [0.15, 0.2) is 0 Å². The zero-order valence-electron chi connectivity index (χ0n) is 8.60. The third kappa shape index (κ3) is 2.43. The Labute approximate surface area is 83.7 Å². The molecule has 0 aliphatic carbocycles. The molecule has 82 valence electrons. The summed E-state index contributed by atoms with van der Waals surface area (Å²) in [6.45, 7) is 2.21. The lowest BCUT2D eigenvalue weighted by atomic mass is 10.1. The standard InChI is InChI=1S/C9H18N2O3/c1-6(5-12)11(2)9(14)8-3-7(13)4-10-8/h6-8,10,12-13H,3-5H2,1-2H3. The first-order chi connectivity index (χ1) is 6.56. The van der Waals surface area contributed by atoms with Crippen molar-refractivity contribution in [1.82, 2.24) is 10.2 Å². The lowest BCUT2D eigenvalue weighted by molar-refractivity contribution is -0.134. The average molecular weight is 202 g/mol. The van der Waals surface area contributed by atoms with Crippen molar-refractivity contribution >= 4 is 5.91 Å². The quantitative estimate of drug-likeness (QED) is 0.523. The van der Waals surface area contributed by atoms with E-state index in [2.05, 4.69) is 5.32 Å². The first-order valence-electron chi connectivity index (χ1n) is 4.85. The van der Waals surface area contributed by atoms with Crippen molar-refractivity contribution in [3.63, 3.8) is 0 Å². The fraction of sp³-hybridized carbons (Fsp3) is 0.889. The molecule has 1 amide bonds. The average Bonchev–Trinajstić information content (AvgIpc) is 2.61. The summed E-state index contributed by atoms with van der Waals surface area (Å²) < 4.78 is 0. The van der Waals surface area contributed by atoms with Gasteiger partial charge in [-0.15, -0.1) is 0 Å². The molecule has 0 bridgehead atoms. The van der Waals surface area contributed by atoms with Crippen molar-refractivity contribution in [2.45, 2.75) is 31.5 Å². The normalized spacial score (nSPS) is 28.9. The summed E-state index contributed by atoms with van der Waals surface area (Å²) in [5.74, 6) is -0.0666. The van der Waals surface area contributed by atoms with Crippen LogP contribution >= 0.6 is 0 Å². The molecule has 1 fully saturated rings. The van der Waals surface area contributed by atoms with Crippen molar-refractivity contribution in [3.8, 4) is 0 Å². The van der Waals surface area contributed by atoms with Gasteiger partial charge in [0.1, 0.15) is 0 Å². The van der Waals surface area contributed by atoms with E-state index in [0.717, 1.165) is 0 Å². The Hall–Kier alpha value is -0.650. The van der Waals surface area contributed by atoms with E-state index in [1.807, 2.05) is 0 Å². The van der Waals surface area contributed by atoms with Crippen LogP contribution in [-0.2, 0) is 4.79 Å². The molecule has 1 heterocycles. The van der Waals surface area contributed by atoms with E-state index in [1.54, 1.807) is 14.0 Å². The Kier molecular flexibility index (Phi) is 3.86. The number of carbonyl (C=O) groups excluding carboxylic acids is 1. The summed E-state index contributed by atoms with van der Waals surface area (Å²) in [4.78, 5) is 13.2. The zero-order chi connectivity index (χ0) is 10.7. The van der Waals surface area contributed by atoms with E-state index in [1.165, 1.54) is 4.90 Å². The van der Waals surface area contributed by atoms with Crippen LogP contribution in [0.5, 0.6) is 0 Å². The Morgan fingerprint density at radius 2 is 2.36 bits per heavy atom. The summed E-state index contributed by atoms with van der Waals surface area (Å²) in [7, 11) is 1.66. The van der Waals surface area contributed by atoms with E-state index in [-0.39, 0.29) is 24.6 Å². The van der Waals surface area contributed by atoms with E-state index in [4.69, 9.17) is 5.11 Å². The van der Waals surface area contributed by atoms with E-state index >= 15 is 0 Å². The second-order valence-corrected chi connectivity index (χ2v) is 3.83. The minimum atomic E-state index is -0.429. The minimum Gasteiger partial charge on any atom is -0.394 e. The first-order valence-corrected chi connectivity index (χ1v) is 4.85. The number of β-amino-alcohol motifs (C(OH)–C–C–N with tert-alkyl or cyclic N) is 1. The molecule has 3 atom stereocenters. The minimum absolute atomic E-state index is 0.0441. The maximum atomic E-state index is 11.7. The second-order valence-electron chi connectivity index (χ2n) is 3.83. The molecule has 0 spiro atoms. The molecular formula is C9H18N2O3.